The van der Waals surface area contributed by atoms with Gasteiger partial charge in [-0.3, -0.25) is 0 Å². The summed E-state index contributed by atoms with van der Waals surface area (Å²) in [5.41, 5.74) is 19.7. The summed E-state index contributed by atoms with van der Waals surface area (Å²) in [5.74, 6) is 5.20. The molecule has 0 amide bonds. The molecule has 2 aliphatic heterocycles. The minimum Gasteiger partial charge on any atom is -0.454 e. The van der Waals surface area contributed by atoms with Crippen molar-refractivity contribution >= 4 is 72.6 Å². The third-order valence-electron chi connectivity index (χ3n) is 17.8. The van der Waals surface area contributed by atoms with Gasteiger partial charge in [-0.05, 0) is 206 Å². The Hall–Kier alpha value is -4.70. The smallest absolute Gasteiger partial charge is 0.333 e. The molecule has 5 heterocycles. The predicted molar refractivity (Wildman–Crippen MR) is 241 cm³/mol. The molecule has 2 atom stereocenters. The van der Waals surface area contributed by atoms with Crippen molar-refractivity contribution in [3.05, 3.63) is 102 Å². The van der Waals surface area contributed by atoms with E-state index in [0.29, 0.717) is 5.41 Å². The highest BCUT2D eigenvalue weighted by Crippen LogP contribution is 2.62. The van der Waals surface area contributed by atoms with Gasteiger partial charge in [-0.15, -0.1) is 0 Å². The molecule has 58 heavy (non-hydrogen) atoms. The minimum atomic E-state index is 0.0859. The SMILES string of the molecule is Cc1cc2c3c(c1)-n1c4c(cccc4c4oc5ccccc5c41)B3n1c3ccc(C45CC6CC(CC(C6)C4)C5)cc3c3cc(C45CC(C)CC(CC(C)C4)C5)cc-2c31. The highest BCUT2D eigenvalue weighted by atomic mass is 16.3. The zero-order valence-corrected chi connectivity index (χ0v) is 34.2. The summed E-state index contributed by atoms with van der Waals surface area (Å²) >= 11 is 0. The van der Waals surface area contributed by atoms with Crippen LogP contribution in [0.3, 0.4) is 0 Å². The Morgan fingerprint density at radius 3 is 2.05 bits per heavy atom. The summed E-state index contributed by atoms with van der Waals surface area (Å²) in [6, 6.07) is 34.2. The van der Waals surface area contributed by atoms with Crippen molar-refractivity contribution < 1.29 is 4.42 Å². The van der Waals surface area contributed by atoms with Gasteiger partial charge in [-0.2, -0.15) is 0 Å². The molecule has 0 N–H and O–H groups in total. The van der Waals surface area contributed by atoms with Crippen LogP contribution in [0.4, 0.5) is 0 Å². The number of aryl methyl sites for hydroxylation is 1. The quantitative estimate of drug-likeness (QED) is 0.161. The number of para-hydroxylation sites is 2. The summed E-state index contributed by atoms with van der Waals surface area (Å²) in [6.45, 7) is 7.53. The molecule has 0 saturated heterocycles. The van der Waals surface area contributed by atoms with Crippen molar-refractivity contribution in [2.75, 3.05) is 0 Å². The van der Waals surface area contributed by atoms with Gasteiger partial charge < -0.3 is 13.5 Å². The first kappa shape index (κ1) is 32.2. The van der Waals surface area contributed by atoms with Gasteiger partial charge in [0.25, 0.3) is 0 Å². The molecule has 6 saturated carbocycles. The van der Waals surface area contributed by atoms with Crippen molar-refractivity contribution in [2.45, 2.75) is 102 Å². The Kier molecular flexibility index (Phi) is 5.85. The maximum atomic E-state index is 6.79. The van der Waals surface area contributed by atoms with Crippen LogP contribution in [0.5, 0.6) is 0 Å². The number of aromatic nitrogens is 2. The number of hydrogen-bond acceptors (Lipinski definition) is 1. The van der Waals surface area contributed by atoms with Crippen LogP contribution in [0.25, 0.3) is 71.6 Å². The lowest BCUT2D eigenvalue weighted by Gasteiger charge is -2.57. The van der Waals surface area contributed by atoms with Gasteiger partial charge in [-0.25, -0.2) is 0 Å². The molecule has 4 heteroatoms. The van der Waals surface area contributed by atoms with Crippen molar-refractivity contribution in [3.63, 3.8) is 0 Å². The molecule has 6 fully saturated rings. The lowest BCUT2D eigenvalue weighted by Crippen LogP contribution is -2.55. The predicted octanol–water partition coefficient (Wildman–Crippen LogP) is 12.5. The van der Waals surface area contributed by atoms with Gasteiger partial charge >= 0.3 is 6.85 Å². The van der Waals surface area contributed by atoms with Crippen molar-refractivity contribution in [1.29, 1.82) is 0 Å². The first-order valence-electron chi connectivity index (χ1n) is 23.0. The normalized spacial score (nSPS) is 31.4. The molecule has 8 aromatic rings. The summed E-state index contributed by atoms with van der Waals surface area (Å²) in [6.07, 6.45) is 15.5. The Balaban J connectivity index is 1.07. The van der Waals surface area contributed by atoms with Crippen molar-refractivity contribution in [2.24, 2.45) is 35.5 Å². The van der Waals surface area contributed by atoms with Crippen LogP contribution in [0.1, 0.15) is 101 Å². The zero-order valence-electron chi connectivity index (χ0n) is 34.2. The third-order valence-corrected chi connectivity index (χ3v) is 17.8. The lowest BCUT2D eigenvalue weighted by molar-refractivity contribution is -0.00512. The molecule has 0 spiro atoms. The Morgan fingerprint density at radius 1 is 0.586 bits per heavy atom. The molecule has 3 aromatic heterocycles. The zero-order chi connectivity index (χ0) is 38.0. The minimum absolute atomic E-state index is 0.0859. The van der Waals surface area contributed by atoms with E-state index in [1.807, 2.05) is 0 Å². The van der Waals surface area contributed by atoms with E-state index < -0.39 is 0 Å². The van der Waals surface area contributed by atoms with Gasteiger partial charge in [0.15, 0.2) is 5.58 Å². The molecule has 6 aliphatic carbocycles. The van der Waals surface area contributed by atoms with Gasteiger partial charge in [0.2, 0.25) is 0 Å². The molecule has 6 bridgehead atoms. The van der Waals surface area contributed by atoms with Crippen LogP contribution in [0.15, 0.2) is 89.3 Å². The van der Waals surface area contributed by atoms with E-state index in [9.17, 15) is 0 Å². The van der Waals surface area contributed by atoms with Crippen LogP contribution in [-0.2, 0) is 10.8 Å². The Bertz CT molecular complexity index is 3120. The summed E-state index contributed by atoms with van der Waals surface area (Å²) in [7, 11) is 0. The molecule has 16 rings (SSSR count). The van der Waals surface area contributed by atoms with Crippen molar-refractivity contribution in [3.8, 4) is 16.8 Å². The van der Waals surface area contributed by atoms with Crippen LogP contribution in [0, 0.1) is 42.4 Å². The van der Waals surface area contributed by atoms with E-state index in [0.717, 1.165) is 46.7 Å². The molecular weight excluding hydrogens is 703 g/mol. The monoisotopic (exact) mass is 754 g/mol. The van der Waals surface area contributed by atoms with E-state index in [2.05, 4.69) is 115 Å². The number of fused-ring (bicyclic) bond motifs is 14. The average molecular weight is 755 g/mol. The fraction of sp³-hybridized carbons (Fsp3) is 0.407. The summed E-state index contributed by atoms with van der Waals surface area (Å²) < 4.78 is 12.2. The number of nitrogens with zero attached hydrogens (tertiary/aromatic N) is 2. The highest BCUT2D eigenvalue weighted by Gasteiger charge is 2.52. The summed E-state index contributed by atoms with van der Waals surface area (Å²) in [4.78, 5) is 0. The van der Waals surface area contributed by atoms with Crippen LogP contribution in [-0.4, -0.2) is 15.9 Å². The van der Waals surface area contributed by atoms with Crippen LogP contribution >= 0.6 is 0 Å². The number of hydrogen-bond donors (Lipinski definition) is 0. The number of rotatable bonds is 2. The first-order chi connectivity index (χ1) is 28.3. The third kappa shape index (κ3) is 3.86. The van der Waals surface area contributed by atoms with Crippen molar-refractivity contribution in [1.82, 2.24) is 9.05 Å². The van der Waals surface area contributed by atoms with E-state index in [1.165, 1.54) is 148 Å². The highest BCUT2D eigenvalue weighted by molar-refractivity contribution is 6.90. The fourth-order valence-corrected chi connectivity index (χ4v) is 16.7. The van der Waals surface area contributed by atoms with Gasteiger partial charge in [0, 0.05) is 43.8 Å². The Labute approximate surface area is 340 Å². The molecule has 0 radical (unpaired) electrons. The van der Waals surface area contributed by atoms with E-state index in [1.54, 1.807) is 11.1 Å². The second-order valence-electron chi connectivity index (χ2n) is 21.7. The average Bonchev–Trinajstić information content (AvgIpc) is 3.85. The second kappa shape index (κ2) is 10.5. The van der Waals surface area contributed by atoms with Crippen LogP contribution in [0.2, 0.25) is 0 Å². The maximum Gasteiger partial charge on any atom is 0.333 e. The van der Waals surface area contributed by atoms with Gasteiger partial charge in [0.1, 0.15) is 11.1 Å². The van der Waals surface area contributed by atoms with E-state index in [-0.39, 0.29) is 12.3 Å². The molecule has 8 aliphatic rings. The molecule has 5 aromatic carbocycles. The largest absolute Gasteiger partial charge is 0.454 e. The molecule has 286 valence electrons. The number of furan rings is 1. The van der Waals surface area contributed by atoms with Gasteiger partial charge in [0.05, 0.1) is 5.52 Å². The van der Waals surface area contributed by atoms with Gasteiger partial charge in [-0.1, -0.05) is 50.2 Å². The molecule has 2 unspecified atom stereocenters. The Morgan fingerprint density at radius 2 is 1.28 bits per heavy atom. The first-order valence-corrected chi connectivity index (χ1v) is 23.0. The molecular formula is C54H51BN2O. The second-order valence-corrected chi connectivity index (χ2v) is 21.7. The molecule has 3 nitrogen and oxygen atoms in total. The topological polar surface area (TPSA) is 23.0 Å². The fourth-order valence-electron chi connectivity index (χ4n) is 16.7. The maximum absolute atomic E-state index is 6.79. The van der Waals surface area contributed by atoms with E-state index in [4.69, 9.17) is 4.42 Å². The van der Waals surface area contributed by atoms with Crippen LogP contribution < -0.4 is 10.9 Å². The summed E-state index contributed by atoms with van der Waals surface area (Å²) in [5, 5.41) is 5.44. The number of benzene rings is 5. The standard InChI is InChI=1S/C54H51BN2O/c1-29-15-41-43-22-37(53-23-30(2)13-32(25-53)14-31(3)24-53)21-42-40-20-36(54-26-33-17-34(27-54)19-35(18-33)28-54)11-12-45(40)57(49(42)43)55-44-9-6-8-39-50(44)56(46(16-29)48(41)55)51-38-7-4-5-10-47(38)58-52(39)51/h4-12,15-16,20-22,30-35H,13-14,17-19,23-28H2,1-3H3. The lowest BCUT2D eigenvalue weighted by atomic mass is 9.45. The van der Waals surface area contributed by atoms with E-state index >= 15 is 0 Å².